The quantitative estimate of drug-likeness (QED) is 0.708. The number of pyridine rings is 1. The van der Waals surface area contributed by atoms with Gasteiger partial charge in [-0.3, -0.25) is 4.98 Å². The number of hydrogen-bond donors (Lipinski definition) is 1. The summed E-state index contributed by atoms with van der Waals surface area (Å²) < 4.78 is 5.25. The third kappa shape index (κ3) is 2.10. The van der Waals surface area contributed by atoms with Gasteiger partial charge in [0.2, 0.25) is 0 Å². The van der Waals surface area contributed by atoms with E-state index in [4.69, 9.17) is 10.5 Å². The number of nitrogens with zero attached hydrogens (tertiary/aromatic N) is 1. The number of fused-ring (bicyclic) bond motifs is 1. The van der Waals surface area contributed by atoms with Gasteiger partial charge in [-0.25, -0.2) is 0 Å². The minimum absolute atomic E-state index is 0.741. The van der Waals surface area contributed by atoms with Crippen LogP contribution < -0.4 is 10.5 Å². The first-order valence-corrected chi connectivity index (χ1v) is 6.06. The van der Waals surface area contributed by atoms with E-state index in [9.17, 15) is 0 Å². The van der Waals surface area contributed by atoms with E-state index in [-0.39, 0.29) is 0 Å². The van der Waals surface area contributed by atoms with Crippen molar-refractivity contribution in [2.45, 2.75) is 0 Å². The van der Waals surface area contributed by atoms with Gasteiger partial charge >= 0.3 is 0 Å². The SMILES string of the molecule is COc1ccc2c(-c3cccc(N)c3)nccc2c1. The van der Waals surface area contributed by atoms with Crippen molar-refractivity contribution in [2.75, 3.05) is 12.8 Å². The topological polar surface area (TPSA) is 48.1 Å². The molecule has 3 aromatic rings. The second kappa shape index (κ2) is 4.61. The third-order valence-electron chi connectivity index (χ3n) is 3.13. The highest BCUT2D eigenvalue weighted by Crippen LogP contribution is 2.29. The highest BCUT2D eigenvalue weighted by atomic mass is 16.5. The van der Waals surface area contributed by atoms with E-state index in [0.29, 0.717) is 0 Å². The molecule has 3 rings (SSSR count). The lowest BCUT2D eigenvalue weighted by Crippen LogP contribution is -1.89. The first-order chi connectivity index (χ1) is 9.28. The van der Waals surface area contributed by atoms with Gasteiger partial charge in [0.25, 0.3) is 0 Å². The number of rotatable bonds is 2. The van der Waals surface area contributed by atoms with Gasteiger partial charge in [-0.15, -0.1) is 0 Å². The molecule has 0 aliphatic rings. The van der Waals surface area contributed by atoms with E-state index in [1.165, 1.54) is 0 Å². The number of nitrogens with two attached hydrogens (primary N) is 1. The minimum atomic E-state index is 0.741. The molecule has 94 valence electrons. The van der Waals surface area contributed by atoms with E-state index in [1.54, 1.807) is 13.3 Å². The molecule has 19 heavy (non-hydrogen) atoms. The Labute approximate surface area is 111 Å². The van der Waals surface area contributed by atoms with Crippen LogP contribution in [0.3, 0.4) is 0 Å². The number of ether oxygens (including phenoxy) is 1. The van der Waals surface area contributed by atoms with Gasteiger partial charge in [0.15, 0.2) is 0 Å². The fraction of sp³-hybridized carbons (Fsp3) is 0.0625. The van der Waals surface area contributed by atoms with Crippen LogP contribution in [-0.2, 0) is 0 Å². The van der Waals surface area contributed by atoms with Crippen LogP contribution in [0.1, 0.15) is 0 Å². The zero-order chi connectivity index (χ0) is 13.2. The van der Waals surface area contributed by atoms with Crippen molar-refractivity contribution in [1.82, 2.24) is 4.98 Å². The van der Waals surface area contributed by atoms with E-state index in [1.807, 2.05) is 48.5 Å². The molecule has 0 amide bonds. The Morgan fingerprint density at radius 1 is 1.05 bits per heavy atom. The molecule has 1 heterocycles. The molecule has 0 aliphatic carbocycles. The molecule has 0 unspecified atom stereocenters. The van der Waals surface area contributed by atoms with Crippen LogP contribution in [0.4, 0.5) is 5.69 Å². The van der Waals surface area contributed by atoms with Crippen LogP contribution in [-0.4, -0.2) is 12.1 Å². The van der Waals surface area contributed by atoms with Crippen LogP contribution in [0.5, 0.6) is 5.75 Å². The fourth-order valence-corrected chi connectivity index (χ4v) is 2.20. The van der Waals surface area contributed by atoms with Crippen LogP contribution in [0.25, 0.3) is 22.0 Å². The number of methoxy groups -OCH3 is 1. The first-order valence-electron chi connectivity index (χ1n) is 6.06. The molecule has 3 heteroatoms. The Morgan fingerprint density at radius 3 is 2.74 bits per heavy atom. The van der Waals surface area contributed by atoms with Gasteiger partial charge in [-0.1, -0.05) is 12.1 Å². The maximum absolute atomic E-state index is 5.84. The Kier molecular flexibility index (Phi) is 2.80. The molecule has 0 fully saturated rings. The normalized spacial score (nSPS) is 10.6. The molecule has 0 bridgehead atoms. The van der Waals surface area contributed by atoms with Crippen LogP contribution in [0.2, 0.25) is 0 Å². The molecular formula is C16H14N2O. The van der Waals surface area contributed by atoms with Crippen LogP contribution in [0, 0.1) is 0 Å². The summed E-state index contributed by atoms with van der Waals surface area (Å²) in [4.78, 5) is 4.48. The molecule has 0 aliphatic heterocycles. The summed E-state index contributed by atoms with van der Waals surface area (Å²) in [6.45, 7) is 0. The van der Waals surface area contributed by atoms with E-state index in [2.05, 4.69) is 4.98 Å². The number of benzene rings is 2. The van der Waals surface area contributed by atoms with Gasteiger partial charge in [0.05, 0.1) is 12.8 Å². The summed E-state index contributed by atoms with van der Waals surface area (Å²) in [5.74, 6) is 0.845. The van der Waals surface area contributed by atoms with Gasteiger partial charge in [-0.05, 0) is 41.8 Å². The van der Waals surface area contributed by atoms with Gasteiger partial charge in [0.1, 0.15) is 5.75 Å². The maximum Gasteiger partial charge on any atom is 0.119 e. The fourth-order valence-electron chi connectivity index (χ4n) is 2.20. The lowest BCUT2D eigenvalue weighted by molar-refractivity contribution is 0.415. The summed E-state index contributed by atoms with van der Waals surface area (Å²) in [6, 6.07) is 15.7. The van der Waals surface area contributed by atoms with Crippen molar-refractivity contribution < 1.29 is 4.74 Å². The predicted octanol–water partition coefficient (Wildman–Crippen LogP) is 3.49. The number of anilines is 1. The summed E-state index contributed by atoms with van der Waals surface area (Å²) in [5.41, 5.74) is 8.54. The number of nitrogen functional groups attached to an aromatic ring is 1. The molecule has 3 nitrogen and oxygen atoms in total. The van der Waals surface area contributed by atoms with Crippen LogP contribution in [0.15, 0.2) is 54.7 Å². The van der Waals surface area contributed by atoms with Crippen LogP contribution >= 0.6 is 0 Å². The molecular weight excluding hydrogens is 236 g/mol. The van der Waals surface area contributed by atoms with E-state index < -0.39 is 0 Å². The monoisotopic (exact) mass is 250 g/mol. The molecule has 0 spiro atoms. The first kappa shape index (κ1) is 11.5. The average Bonchev–Trinajstić information content (AvgIpc) is 2.46. The number of aromatic nitrogens is 1. The van der Waals surface area contributed by atoms with E-state index >= 15 is 0 Å². The summed E-state index contributed by atoms with van der Waals surface area (Å²) in [7, 11) is 1.67. The maximum atomic E-state index is 5.84. The van der Waals surface area contributed by atoms with Crippen molar-refractivity contribution in [3.63, 3.8) is 0 Å². The van der Waals surface area contributed by atoms with Crippen molar-refractivity contribution >= 4 is 16.5 Å². The molecule has 0 saturated carbocycles. The second-order valence-corrected chi connectivity index (χ2v) is 4.37. The van der Waals surface area contributed by atoms with Gasteiger partial charge < -0.3 is 10.5 Å². The molecule has 2 N–H and O–H groups in total. The molecule has 0 radical (unpaired) electrons. The van der Waals surface area contributed by atoms with Crippen molar-refractivity contribution in [2.24, 2.45) is 0 Å². The smallest absolute Gasteiger partial charge is 0.119 e. The summed E-state index contributed by atoms with van der Waals surface area (Å²) in [6.07, 6.45) is 1.81. The second-order valence-electron chi connectivity index (χ2n) is 4.37. The summed E-state index contributed by atoms with van der Waals surface area (Å²) in [5, 5.41) is 2.20. The zero-order valence-electron chi connectivity index (χ0n) is 10.6. The largest absolute Gasteiger partial charge is 0.497 e. The third-order valence-corrected chi connectivity index (χ3v) is 3.13. The lowest BCUT2D eigenvalue weighted by Gasteiger charge is -2.08. The van der Waals surface area contributed by atoms with Crippen molar-refractivity contribution in [1.29, 1.82) is 0 Å². The molecule has 2 aromatic carbocycles. The highest BCUT2D eigenvalue weighted by Gasteiger charge is 2.06. The molecule has 0 atom stereocenters. The number of hydrogen-bond acceptors (Lipinski definition) is 3. The lowest BCUT2D eigenvalue weighted by atomic mass is 10.0. The van der Waals surface area contributed by atoms with Gasteiger partial charge in [-0.2, -0.15) is 0 Å². The standard InChI is InChI=1S/C16H14N2O/c1-19-14-5-6-15-11(10-14)7-8-18-16(15)12-3-2-4-13(17)9-12/h2-10H,17H2,1H3. The predicted molar refractivity (Wildman–Crippen MR) is 78.1 cm³/mol. The Hall–Kier alpha value is -2.55. The minimum Gasteiger partial charge on any atom is -0.497 e. The summed E-state index contributed by atoms with van der Waals surface area (Å²) >= 11 is 0. The average molecular weight is 250 g/mol. The Morgan fingerprint density at radius 2 is 1.95 bits per heavy atom. The molecule has 0 saturated heterocycles. The van der Waals surface area contributed by atoms with Crippen molar-refractivity contribution in [3.05, 3.63) is 54.7 Å². The van der Waals surface area contributed by atoms with Gasteiger partial charge in [0, 0.05) is 22.8 Å². The highest BCUT2D eigenvalue weighted by molar-refractivity contribution is 5.95. The van der Waals surface area contributed by atoms with E-state index in [0.717, 1.165) is 33.5 Å². The Balaban J connectivity index is 2.24. The molecule has 1 aromatic heterocycles. The Bertz CT molecular complexity index is 738. The zero-order valence-corrected chi connectivity index (χ0v) is 10.6. The van der Waals surface area contributed by atoms with Crippen molar-refractivity contribution in [3.8, 4) is 17.0 Å².